The van der Waals surface area contributed by atoms with Gasteiger partial charge in [0.1, 0.15) is 0 Å². The molecule has 5 heteroatoms. The third kappa shape index (κ3) is 23.8. The van der Waals surface area contributed by atoms with Crippen LogP contribution in [-0.2, 0) is 23.6 Å². The molecule has 0 aromatic heterocycles. The van der Waals surface area contributed by atoms with Crippen LogP contribution >= 0.6 is 0 Å². The van der Waals surface area contributed by atoms with Gasteiger partial charge in [-0.3, -0.25) is 0 Å². The Morgan fingerprint density at radius 2 is 0.909 bits per heavy atom. The van der Waals surface area contributed by atoms with Crippen molar-refractivity contribution in [2.75, 3.05) is 6.61 Å². The van der Waals surface area contributed by atoms with E-state index < -0.39 is 11.0 Å². The molecule has 0 atom stereocenters. The number of hydrogen-bond acceptors (Lipinski definition) is 4. The van der Waals surface area contributed by atoms with Crippen LogP contribution in [0.15, 0.2) is 0 Å². The van der Waals surface area contributed by atoms with E-state index in [4.69, 9.17) is 0 Å². The van der Waals surface area contributed by atoms with Gasteiger partial charge in [0.25, 0.3) is 0 Å². The standard InChI is InChI=1S/C17H35O3S.K/c1-2-3-4-5-6-7-8-9-10-11-12-13-14-15-16-17-20-21(18)19;/h2-17H2,1H3;/q-1;+1. The molecule has 0 N–H and O–H groups in total. The molecule has 3 nitrogen and oxygen atoms in total. The number of hydrogen-bond donors (Lipinski definition) is 0. The van der Waals surface area contributed by atoms with Crippen molar-refractivity contribution in [2.24, 2.45) is 0 Å². The molecule has 0 radical (unpaired) electrons. The molecule has 0 aliphatic heterocycles. The van der Waals surface area contributed by atoms with E-state index in [0.29, 0.717) is 6.61 Å². The van der Waals surface area contributed by atoms with Crippen LogP contribution in [0.4, 0.5) is 0 Å². The summed E-state index contributed by atoms with van der Waals surface area (Å²) in [4.78, 5) is 0. The molecule has 0 heterocycles. The van der Waals surface area contributed by atoms with Gasteiger partial charge in [0, 0.05) is 6.61 Å². The van der Waals surface area contributed by atoms with Gasteiger partial charge in [-0.25, -0.2) is 0 Å². The van der Waals surface area contributed by atoms with E-state index in [-0.39, 0.29) is 51.4 Å². The van der Waals surface area contributed by atoms with Crippen LogP contribution in [0.5, 0.6) is 0 Å². The maximum atomic E-state index is 10.1. The van der Waals surface area contributed by atoms with E-state index in [0.717, 1.165) is 12.8 Å². The fraction of sp³-hybridized carbons (Fsp3) is 1.00. The Bertz CT molecular complexity index is 263. The predicted molar refractivity (Wildman–Crippen MR) is 89.6 cm³/mol. The van der Waals surface area contributed by atoms with Gasteiger partial charge in [-0.05, 0) is 6.42 Å². The summed E-state index contributed by atoms with van der Waals surface area (Å²) in [6.45, 7) is 2.61. The smallest absolute Gasteiger partial charge is 0.424 e. The number of rotatable bonds is 17. The van der Waals surface area contributed by atoms with Crippen LogP contribution in [0.2, 0.25) is 0 Å². The second kappa shape index (κ2) is 22.5. The van der Waals surface area contributed by atoms with Crippen molar-refractivity contribution < 1.29 is 64.0 Å². The van der Waals surface area contributed by atoms with Crippen molar-refractivity contribution in [3.8, 4) is 0 Å². The monoisotopic (exact) mass is 358 g/mol. The largest absolute Gasteiger partial charge is 1.00 e. The minimum Gasteiger partial charge on any atom is -0.424 e. The molecule has 0 saturated carbocycles. The topological polar surface area (TPSA) is 43.4 Å². The molecule has 0 rings (SSSR count). The van der Waals surface area contributed by atoms with Crippen LogP contribution in [0.25, 0.3) is 0 Å². The van der Waals surface area contributed by atoms with Crippen LogP contribution in [0.1, 0.15) is 103 Å². The SMILES string of the molecule is CCCCCCCCCCCCCCCCCO[S-](=O)=O.[K+]. The second-order valence-corrected chi connectivity index (χ2v) is 6.62. The van der Waals surface area contributed by atoms with E-state index in [1.54, 1.807) is 0 Å². The predicted octanol–water partition coefficient (Wildman–Crippen LogP) is 3.10. The Labute approximate surface area is 182 Å². The van der Waals surface area contributed by atoms with Crippen LogP contribution in [0.3, 0.4) is 0 Å². The third-order valence-corrected chi connectivity index (χ3v) is 4.29. The van der Waals surface area contributed by atoms with Gasteiger partial charge in [0.05, 0.1) is 11.0 Å². The summed E-state index contributed by atoms with van der Waals surface area (Å²) < 4.78 is 24.7. The fourth-order valence-corrected chi connectivity index (χ4v) is 2.85. The summed E-state index contributed by atoms with van der Waals surface area (Å²) in [5.74, 6) is 0. The first kappa shape index (κ1) is 25.8. The summed E-state index contributed by atoms with van der Waals surface area (Å²) in [5, 5.41) is 0. The first-order valence-electron chi connectivity index (χ1n) is 9.00. The van der Waals surface area contributed by atoms with Crippen molar-refractivity contribution in [3.63, 3.8) is 0 Å². The first-order chi connectivity index (χ1) is 10.3. The Morgan fingerprint density at radius 3 is 1.23 bits per heavy atom. The van der Waals surface area contributed by atoms with Crippen molar-refractivity contribution >= 4 is 11.0 Å². The average Bonchev–Trinajstić information content (AvgIpc) is 2.46. The normalized spacial score (nSPS) is 10.8. The summed E-state index contributed by atoms with van der Waals surface area (Å²) >= 11 is 0. The maximum Gasteiger partial charge on any atom is 1.00 e. The molecule has 0 fully saturated rings. The third-order valence-electron chi connectivity index (χ3n) is 3.93. The summed E-state index contributed by atoms with van der Waals surface area (Å²) in [6, 6.07) is 0. The van der Waals surface area contributed by atoms with Gasteiger partial charge >= 0.3 is 51.4 Å². The van der Waals surface area contributed by atoms with E-state index in [9.17, 15) is 8.42 Å². The molecule has 0 aromatic rings. The second-order valence-electron chi connectivity index (χ2n) is 5.98. The molecule has 0 saturated heterocycles. The molecule has 22 heavy (non-hydrogen) atoms. The maximum absolute atomic E-state index is 10.1. The van der Waals surface area contributed by atoms with Gasteiger partial charge < -0.3 is 12.6 Å². The summed E-state index contributed by atoms with van der Waals surface area (Å²) in [5.41, 5.74) is 0. The van der Waals surface area contributed by atoms with Gasteiger partial charge in [0.2, 0.25) is 0 Å². The zero-order chi connectivity index (χ0) is 15.6. The van der Waals surface area contributed by atoms with E-state index >= 15 is 0 Å². The molecule has 0 aromatic carbocycles. The zero-order valence-corrected chi connectivity index (χ0v) is 18.9. The minimum absolute atomic E-state index is 0. The molecular weight excluding hydrogens is 323 g/mol. The quantitative estimate of drug-likeness (QED) is 0.228. The molecule has 0 amide bonds. The van der Waals surface area contributed by atoms with Gasteiger partial charge in [0.15, 0.2) is 0 Å². The van der Waals surface area contributed by atoms with Gasteiger partial charge in [-0.1, -0.05) is 96.8 Å². The molecule has 128 valence electrons. The van der Waals surface area contributed by atoms with Crippen molar-refractivity contribution in [1.29, 1.82) is 0 Å². The molecular formula is C17H35KO3S. The van der Waals surface area contributed by atoms with Crippen molar-refractivity contribution in [2.45, 2.75) is 103 Å². The number of unbranched alkanes of at least 4 members (excludes halogenated alkanes) is 14. The van der Waals surface area contributed by atoms with E-state index in [1.165, 1.54) is 83.5 Å². The van der Waals surface area contributed by atoms with Gasteiger partial charge in [-0.15, -0.1) is 0 Å². The Hall–Kier alpha value is 1.55. The Balaban J connectivity index is 0. The molecule has 0 aliphatic rings. The Morgan fingerprint density at radius 1 is 0.591 bits per heavy atom. The average molecular weight is 359 g/mol. The van der Waals surface area contributed by atoms with Crippen LogP contribution < -0.4 is 51.4 Å². The summed E-state index contributed by atoms with van der Waals surface area (Å²) in [6.07, 6.45) is 19.7. The van der Waals surface area contributed by atoms with Crippen LogP contribution in [0, 0.1) is 0 Å². The van der Waals surface area contributed by atoms with Gasteiger partial charge in [-0.2, -0.15) is 0 Å². The molecule has 0 spiro atoms. The first-order valence-corrected chi connectivity index (χ1v) is 10.00. The summed E-state index contributed by atoms with van der Waals surface area (Å²) in [7, 11) is -2.33. The van der Waals surface area contributed by atoms with E-state index in [1.807, 2.05) is 0 Å². The molecule has 0 bridgehead atoms. The zero-order valence-electron chi connectivity index (χ0n) is 14.9. The fourth-order valence-electron chi connectivity index (χ4n) is 2.60. The van der Waals surface area contributed by atoms with E-state index in [2.05, 4.69) is 11.1 Å². The minimum atomic E-state index is -2.33. The van der Waals surface area contributed by atoms with Crippen molar-refractivity contribution in [3.05, 3.63) is 0 Å². The molecule has 0 unspecified atom stereocenters. The van der Waals surface area contributed by atoms with Crippen LogP contribution in [-0.4, -0.2) is 6.61 Å². The van der Waals surface area contributed by atoms with Crippen molar-refractivity contribution in [1.82, 2.24) is 0 Å². The molecule has 0 aliphatic carbocycles. The Kier molecular flexibility index (Phi) is 26.4.